The molecular formula is C17H17BN6O5S. The molecule has 0 saturated heterocycles. The third kappa shape index (κ3) is 4.31. The number of nitrogens with zero attached hydrogens (tertiary/aromatic N) is 5. The van der Waals surface area contributed by atoms with Crippen LogP contribution < -0.4 is 10.4 Å². The number of Topliss-reactive ketones (excluding diaryl/α,β-unsaturated/α-hetero) is 1. The highest BCUT2D eigenvalue weighted by atomic mass is 32.1. The lowest BCUT2D eigenvalue weighted by molar-refractivity contribution is -0.118. The second-order valence-corrected chi connectivity index (χ2v) is 7.79. The van der Waals surface area contributed by atoms with Gasteiger partial charge in [0.1, 0.15) is 18.1 Å². The van der Waals surface area contributed by atoms with Crippen molar-refractivity contribution in [1.29, 1.82) is 0 Å². The van der Waals surface area contributed by atoms with Crippen molar-refractivity contribution in [3.8, 4) is 5.75 Å². The van der Waals surface area contributed by atoms with E-state index in [4.69, 9.17) is 10.4 Å². The van der Waals surface area contributed by atoms with E-state index < -0.39 is 18.9 Å². The lowest BCUT2D eigenvalue weighted by atomic mass is 9.64. The molecule has 2 aromatic heterocycles. The fraction of sp³-hybridized carbons (Fsp3) is 0.294. The van der Waals surface area contributed by atoms with E-state index in [-0.39, 0.29) is 35.8 Å². The minimum Gasteiger partial charge on any atom is -0.535 e. The summed E-state index contributed by atoms with van der Waals surface area (Å²) in [7, 11) is -1.28. The monoisotopic (exact) mass is 428 g/mol. The van der Waals surface area contributed by atoms with Gasteiger partial charge >= 0.3 is 13.1 Å². The van der Waals surface area contributed by atoms with E-state index in [0.717, 1.165) is 0 Å². The molecule has 0 radical (unpaired) electrons. The number of benzene rings is 1. The van der Waals surface area contributed by atoms with Crippen LogP contribution in [0.15, 0.2) is 23.6 Å². The predicted octanol–water partition coefficient (Wildman–Crippen LogP) is 0.446. The molecule has 4 N–H and O–H groups in total. The van der Waals surface area contributed by atoms with E-state index in [2.05, 4.69) is 20.4 Å². The molecule has 30 heavy (non-hydrogen) atoms. The maximum Gasteiger partial charge on any atom is 0.526 e. The minimum absolute atomic E-state index is 0.0148. The maximum absolute atomic E-state index is 12.5. The molecule has 0 fully saturated rings. The number of carboxylic acids is 1. The number of para-hydroxylation sites is 1. The minimum atomic E-state index is -1.28. The summed E-state index contributed by atoms with van der Waals surface area (Å²) in [5.41, 5.74) is 6.93. The Morgan fingerprint density at radius 3 is 2.97 bits per heavy atom. The Labute approximate surface area is 174 Å². The smallest absolute Gasteiger partial charge is 0.526 e. The standard InChI is InChI=1S/C17H17BN6O5S/c19-17-20-11(8-30-17)7-24-22-14(21-23-24)6-12(25)5-10-4-9-2-1-3-13(16(26)27)15(9)29-18(10)28/h1-3,8,10,28H,4-7H2,(H2,19,20)(H,26,27)/t10-/m1/s1. The zero-order valence-electron chi connectivity index (χ0n) is 15.6. The molecule has 0 bridgehead atoms. The van der Waals surface area contributed by atoms with Crippen LogP contribution in [0.1, 0.15) is 33.9 Å². The number of rotatable bonds is 7. The highest BCUT2D eigenvalue weighted by Gasteiger charge is 2.37. The lowest BCUT2D eigenvalue weighted by Crippen LogP contribution is -2.36. The average molecular weight is 428 g/mol. The van der Waals surface area contributed by atoms with Gasteiger partial charge in [-0.15, -0.1) is 21.5 Å². The number of ketones is 1. The van der Waals surface area contributed by atoms with Crippen LogP contribution in [0.5, 0.6) is 5.75 Å². The number of aromatic carboxylic acids is 1. The molecule has 0 aliphatic carbocycles. The predicted molar refractivity (Wildman–Crippen MR) is 106 cm³/mol. The largest absolute Gasteiger partial charge is 0.535 e. The Morgan fingerprint density at radius 2 is 2.23 bits per heavy atom. The van der Waals surface area contributed by atoms with Gasteiger partial charge in [0, 0.05) is 17.6 Å². The molecule has 3 heterocycles. The molecule has 0 saturated carbocycles. The van der Waals surface area contributed by atoms with Crippen molar-refractivity contribution < 1.29 is 24.4 Å². The van der Waals surface area contributed by atoms with E-state index in [1.807, 2.05) is 0 Å². The van der Waals surface area contributed by atoms with Crippen molar-refractivity contribution in [2.75, 3.05) is 5.73 Å². The molecule has 1 aromatic carbocycles. The van der Waals surface area contributed by atoms with Gasteiger partial charge in [0.15, 0.2) is 11.0 Å². The van der Waals surface area contributed by atoms with Gasteiger partial charge < -0.3 is 20.5 Å². The number of tetrazole rings is 1. The Morgan fingerprint density at radius 1 is 1.40 bits per heavy atom. The maximum atomic E-state index is 12.5. The SMILES string of the molecule is Nc1nc(Cn2nnc(CC(=O)C[C@H]3Cc4cccc(C(=O)O)c4OB3O)n2)cs1. The van der Waals surface area contributed by atoms with Gasteiger partial charge in [0.25, 0.3) is 0 Å². The van der Waals surface area contributed by atoms with Crippen LogP contribution in [-0.4, -0.2) is 54.2 Å². The fourth-order valence-electron chi connectivity index (χ4n) is 3.32. The van der Waals surface area contributed by atoms with Crippen molar-refractivity contribution in [2.45, 2.75) is 31.6 Å². The molecule has 1 aliphatic rings. The molecule has 0 spiro atoms. The first-order valence-electron chi connectivity index (χ1n) is 9.07. The average Bonchev–Trinajstić information content (AvgIpc) is 3.30. The number of hydrogen-bond acceptors (Lipinski definition) is 10. The van der Waals surface area contributed by atoms with Crippen LogP contribution >= 0.6 is 11.3 Å². The van der Waals surface area contributed by atoms with E-state index in [9.17, 15) is 19.7 Å². The molecule has 4 rings (SSSR count). The third-order valence-electron chi connectivity index (χ3n) is 4.66. The lowest BCUT2D eigenvalue weighted by Gasteiger charge is -2.27. The van der Waals surface area contributed by atoms with E-state index in [1.54, 1.807) is 17.5 Å². The van der Waals surface area contributed by atoms with Crippen LogP contribution in [0, 0.1) is 0 Å². The third-order valence-corrected chi connectivity index (χ3v) is 5.39. The van der Waals surface area contributed by atoms with E-state index in [1.165, 1.54) is 22.2 Å². The first-order valence-corrected chi connectivity index (χ1v) is 9.95. The Balaban J connectivity index is 1.37. The summed E-state index contributed by atoms with van der Waals surface area (Å²) in [4.78, 5) is 29.2. The second-order valence-electron chi connectivity index (χ2n) is 6.90. The van der Waals surface area contributed by atoms with Gasteiger partial charge in [0.2, 0.25) is 0 Å². The quantitative estimate of drug-likeness (QED) is 0.450. The number of anilines is 1. The summed E-state index contributed by atoms with van der Waals surface area (Å²) in [6.45, 7) is 0.298. The molecule has 3 aromatic rings. The number of thiazole rings is 1. The summed E-state index contributed by atoms with van der Waals surface area (Å²) in [5, 5.41) is 33.7. The zero-order chi connectivity index (χ0) is 21.3. The van der Waals surface area contributed by atoms with Gasteiger partial charge in [-0.05, 0) is 23.3 Å². The molecule has 0 amide bonds. The second kappa shape index (κ2) is 8.20. The fourth-order valence-corrected chi connectivity index (χ4v) is 3.88. The van der Waals surface area contributed by atoms with Crippen LogP contribution in [0.4, 0.5) is 5.13 Å². The van der Waals surface area contributed by atoms with Gasteiger partial charge in [0.05, 0.1) is 17.7 Å². The topological polar surface area (TPSA) is 166 Å². The van der Waals surface area contributed by atoms with Crippen molar-refractivity contribution >= 4 is 35.3 Å². The number of carbonyl (C=O) groups excluding carboxylic acids is 1. The Bertz CT molecular complexity index is 1100. The highest BCUT2D eigenvalue weighted by molar-refractivity contribution is 7.13. The van der Waals surface area contributed by atoms with Crippen LogP contribution in [-0.2, 0) is 24.2 Å². The van der Waals surface area contributed by atoms with Crippen LogP contribution in [0.3, 0.4) is 0 Å². The first kappa shape index (κ1) is 20.0. The van der Waals surface area contributed by atoms with Crippen molar-refractivity contribution in [3.63, 3.8) is 0 Å². The molecule has 1 atom stereocenters. The normalized spacial score (nSPS) is 15.5. The summed E-state index contributed by atoms with van der Waals surface area (Å²) in [5.74, 6) is -1.40. The van der Waals surface area contributed by atoms with Crippen molar-refractivity contribution in [3.05, 3.63) is 46.2 Å². The Hall–Kier alpha value is -3.32. The number of fused-ring (bicyclic) bond motifs is 1. The first-order chi connectivity index (χ1) is 14.4. The molecule has 1 aliphatic heterocycles. The summed E-state index contributed by atoms with van der Waals surface area (Å²) in [6.07, 6.45) is 0.328. The molecule has 11 nitrogen and oxygen atoms in total. The number of carbonyl (C=O) groups is 2. The number of carboxylic acid groups (broad SMARTS) is 1. The van der Waals surface area contributed by atoms with Crippen LogP contribution in [0.2, 0.25) is 5.82 Å². The zero-order valence-corrected chi connectivity index (χ0v) is 16.4. The number of hydrogen-bond donors (Lipinski definition) is 3. The molecule has 154 valence electrons. The molecular weight excluding hydrogens is 411 g/mol. The Kier molecular flexibility index (Phi) is 5.46. The number of nitrogens with two attached hydrogens (primary N) is 1. The van der Waals surface area contributed by atoms with Gasteiger partial charge in [-0.25, -0.2) is 9.78 Å². The molecule has 13 heteroatoms. The van der Waals surface area contributed by atoms with Crippen LogP contribution in [0.25, 0.3) is 0 Å². The summed E-state index contributed by atoms with van der Waals surface area (Å²) < 4.78 is 5.42. The van der Waals surface area contributed by atoms with Gasteiger partial charge in [-0.3, -0.25) is 4.79 Å². The number of aromatic nitrogens is 5. The van der Waals surface area contributed by atoms with Gasteiger partial charge in [-0.2, -0.15) is 4.80 Å². The van der Waals surface area contributed by atoms with E-state index >= 15 is 0 Å². The van der Waals surface area contributed by atoms with Gasteiger partial charge in [-0.1, -0.05) is 12.1 Å². The van der Waals surface area contributed by atoms with Crippen molar-refractivity contribution in [1.82, 2.24) is 25.2 Å². The van der Waals surface area contributed by atoms with E-state index in [0.29, 0.717) is 29.4 Å². The summed E-state index contributed by atoms with van der Waals surface area (Å²) in [6, 6.07) is 4.75. The molecule has 0 unspecified atom stereocenters. The highest BCUT2D eigenvalue weighted by Crippen LogP contribution is 2.36. The number of nitrogen functional groups attached to an aromatic ring is 1. The van der Waals surface area contributed by atoms with Crippen molar-refractivity contribution in [2.24, 2.45) is 0 Å². The summed E-state index contributed by atoms with van der Waals surface area (Å²) >= 11 is 1.31.